The topological polar surface area (TPSA) is 76.3 Å². The summed E-state index contributed by atoms with van der Waals surface area (Å²) in [7, 11) is 1.71. The fraction of sp³-hybridized carbons (Fsp3) is 0.643. The number of nitrogens with one attached hydrogen (secondary N) is 1. The van der Waals surface area contributed by atoms with Gasteiger partial charge in [0, 0.05) is 26.2 Å². The molecule has 7 heteroatoms. The molecule has 0 amide bonds. The van der Waals surface area contributed by atoms with Gasteiger partial charge >= 0.3 is 0 Å². The second kappa shape index (κ2) is 6.36. The molecule has 0 radical (unpaired) electrons. The summed E-state index contributed by atoms with van der Waals surface area (Å²) in [4.78, 5) is 10.8. The Balaban J connectivity index is 1.90. The normalized spacial score (nSPS) is 18.5. The van der Waals surface area contributed by atoms with Gasteiger partial charge in [-0.2, -0.15) is 4.98 Å². The lowest BCUT2D eigenvalue weighted by Crippen LogP contribution is -2.39. The molecule has 0 aromatic carbocycles. The summed E-state index contributed by atoms with van der Waals surface area (Å²) in [5, 5.41) is 8.42. The van der Waals surface area contributed by atoms with Gasteiger partial charge in [0.1, 0.15) is 17.5 Å². The third-order valence-electron chi connectivity index (χ3n) is 3.89. The molecule has 0 bridgehead atoms. The average Bonchev–Trinajstić information content (AvgIpc) is 3.14. The zero-order valence-corrected chi connectivity index (χ0v) is 12.5. The summed E-state index contributed by atoms with van der Waals surface area (Å²) in [6.45, 7) is 5.35. The molecular weight excluding hydrogens is 270 g/mol. The van der Waals surface area contributed by atoms with Crippen molar-refractivity contribution in [2.45, 2.75) is 25.8 Å². The van der Waals surface area contributed by atoms with Gasteiger partial charge in [0.15, 0.2) is 0 Å². The van der Waals surface area contributed by atoms with Gasteiger partial charge in [-0.1, -0.05) is 5.16 Å². The number of methoxy groups -OCH3 is 1. The van der Waals surface area contributed by atoms with Crippen LogP contribution in [0.4, 0.5) is 5.82 Å². The minimum absolute atomic E-state index is 0.493. The van der Waals surface area contributed by atoms with Crippen molar-refractivity contribution in [3.8, 4) is 0 Å². The smallest absolute Gasteiger partial charge is 0.263 e. The van der Waals surface area contributed by atoms with Crippen LogP contribution in [-0.4, -0.2) is 54.5 Å². The largest absolute Gasteiger partial charge is 0.383 e. The molecular formula is C14H21N5O2. The highest BCUT2D eigenvalue weighted by molar-refractivity contribution is 5.87. The molecule has 3 heterocycles. The fourth-order valence-electron chi connectivity index (χ4n) is 2.81. The molecule has 0 saturated carbocycles. The van der Waals surface area contributed by atoms with Gasteiger partial charge in [-0.05, 0) is 26.3 Å². The average molecular weight is 291 g/mol. The van der Waals surface area contributed by atoms with E-state index in [4.69, 9.17) is 9.26 Å². The highest BCUT2D eigenvalue weighted by Crippen LogP contribution is 2.26. The van der Waals surface area contributed by atoms with Crippen molar-refractivity contribution in [3.05, 3.63) is 12.0 Å². The van der Waals surface area contributed by atoms with Crippen LogP contribution in [0.2, 0.25) is 0 Å². The van der Waals surface area contributed by atoms with Crippen molar-refractivity contribution in [1.29, 1.82) is 0 Å². The molecule has 1 fully saturated rings. The molecule has 1 saturated heterocycles. The Morgan fingerprint density at radius 3 is 3.14 bits per heavy atom. The van der Waals surface area contributed by atoms with E-state index in [-0.39, 0.29) is 0 Å². The van der Waals surface area contributed by atoms with Crippen LogP contribution in [0.3, 0.4) is 0 Å². The molecule has 1 aliphatic rings. The second-order valence-corrected chi connectivity index (χ2v) is 5.38. The van der Waals surface area contributed by atoms with Crippen LogP contribution in [0.25, 0.3) is 11.1 Å². The molecule has 3 rings (SSSR count). The number of hydrogen-bond donors (Lipinski definition) is 1. The van der Waals surface area contributed by atoms with E-state index in [1.807, 2.05) is 6.92 Å². The molecule has 2 aromatic heterocycles. The van der Waals surface area contributed by atoms with Crippen LogP contribution in [0.1, 0.15) is 18.5 Å². The van der Waals surface area contributed by atoms with E-state index in [0.717, 1.165) is 36.5 Å². The Bertz CT molecular complexity index is 594. The number of rotatable bonds is 6. The molecule has 0 aliphatic carbocycles. The Kier molecular flexibility index (Phi) is 4.31. The number of aromatic nitrogens is 3. The first kappa shape index (κ1) is 14.2. The minimum atomic E-state index is 0.493. The zero-order valence-electron chi connectivity index (χ0n) is 12.5. The first-order chi connectivity index (χ1) is 10.3. The molecule has 1 atom stereocenters. The molecule has 1 unspecified atom stereocenters. The van der Waals surface area contributed by atoms with Gasteiger partial charge in [-0.3, -0.25) is 0 Å². The van der Waals surface area contributed by atoms with E-state index in [1.165, 1.54) is 19.2 Å². The van der Waals surface area contributed by atoms with Crippen molar-refractivity contribution < 1.29 is 9.26 Å². The summed E-state index contributed by atoms with van der Waals surface area (Å²) in [6.07, 6.45) is 3.96. The summed E-state index contributed by atoms with van der Waals surface area (Å²) in [5.41, 5.74) is 1.36. The predicted molar refractivity (Wildman–Crippen MR) is 79.4 cm³/mol. The lowest BCUT2D eigenvalue weighted by molar-refractivity contribution is 0.204. The highest BCUT2D eigenvalue weighted by Gasteiger charge is 2.22. The molecule has 0 spiro atoms. The maximum Gasteiger partial charge on any atom is 0.263 e. The Hall–Kier alpha value is -1.73. The maximum absolute atomic E-state index is 5.24. The first-order valence-electron chi connectivity index (χ1n) is 7.34. The van der Waals surface area contributed by atoms with Crippen LogP contribution in [-0.2, 0) is 4.74 Å². The highest BCUT2D eigenvalue weighted by atomic mass is 16.5. The Morgan fingerprint density at radius 1 is 1.48 bits per heavy atom. The zero-order chi connectivity index (χ0) is 14.7. The van der Waals surface area contributed by atoms with Gasteiger partial charge in [-0.25, -0.2) is 4.98 Å². The molecule has 2 aromatic rings. The summed E-state index contributed by atoms with van der Waals surface area (Å²) in [6, 6.07) is 0.493. The van der Waals surface area contributed by atoms with Gasteiger partial charge in [-0.15, -0.1) is 0 Å². The van der Waals surface area contributed by atoms with Crippen LogP contribution in [0, 0.1) is 6.92 Å². The van der Waals surface area contributed by atoms with Crippen LogP contribution in [0.5, 0.6) is 0 Å². The minimum Gasteiger partial charge on any atom is -0.383 e. The van der Waals surface area contributed by atoms with E-state index in [2.05, 4.69) is 25.3 Å². The maximum atomic E-state index is 5.24. The number of aryl methyl sites for hydroxylation is 1. The van der Waals surface area contributed by atoms with Crippen LogP contribution < -0.4 is 10.2 Å². The van der Waals surface area contributed by atoms with Gasteiger partial charge in [0.25, 0.3) is 5.71 Å². The summed E-state index contributed by atoms with van der Waals surface area (Å²) in [5.74, 6) is 0.879. The van der Waals surface area contributed by atoms with Crippen molar-refractivity contribution >= 4 is 16.9 Å². The number of anilines is 1. The number of nitrogens with zero attached hydrogens (tertiary/aromatic N) is 4. The summed E-state index contributed by atoms with van der Waals surface area (Å²) < 4.78 is 10.5. The third-order valence-corrected chi connectivity index (χ3v) is 3.89. The second-order valence-electron chi connectivity index (χ2n) is 5.38. The van der Waals surface area contributed by atoms with Crippen molar-refractivity contribution in [2.75, 3.05) is 38.3 Å². The van der Waals surface area contributed by atoms with E-state index in [0.29, 0.717) is 18.4 Å². The van der Waals surface area contributed by atoms with Gasteiger partial charge < -0.3 is 19.5 Å². The SMILES string of the molecule is COCCN(CC1CCCN1)c1ncnc2onc(C)c12. The van der Waals surface area contributed by atoms with Gasteiger partial charge in [0.2, 0.25) is 0 Å². The van der Waals surface area contributed by atoms with E-state index >= 15 is 0 Å². The predicted octanol–water partition coefficient (Wildman–Crippen LogP) is 1.13. The quantitative estimate of drug-likeness (QED) is 0.855. The van der Waals surface area contributed by atoms with E-state index < -0.39 is 0 Å². The monoisotopic (exact) mass is 291 g/mol. The molecule has 114 valence electrons. The van der Waals surface area contributed by atoms with Crippen molar-refractivity contribution in [1.82, 2.24) is 20.4 Å². The standard InChI is InChI=1S/C14H21N5O2/c1-10-12-13(16-9-17-14(12)21-18-10)19(6-7-20-2)8-11-4-3-5-15-11/h9,11,15H,3-8H2,1-2H3. The lowest BCUT2D eigenvalue weighted by Gasteiger charge is -2.26. The number of fused-ring (bicyclic) bond motifs is 1. The van der Waals surface area contributed by atoms with Crippen molar-refractivity contribution in [2.24, 2.45) is 0 Å². The van der Waals surface area contributed by atoms with Crippen molar-refractivity contribution in [3.63, 3.8) is 0 Å². The molecule has 1 N–H and O–H groups in total. The lowest BCUT2D eigenvalue weighted by atomic mass is 10.2. The van der Waals surface area contributed by atoms with E-state index in [9.17, 15) is 0 Å². The molecule has 21 heavy (non-hydrogen) atoms. The van der Waals surface area contributed by atoms with Crippen LogP contribution >= 0.6 is 0 Å². The van der Waals surface area contributed by atoms with Gasteiger partial charge in [0.05, 0.1) is 12.3 Å². The number of hydrogen-bond acceptors (Lipinski definition) is 7. The first-order valence-corrected chi connectivity index (χ1v) is 7.34. The summed E-state index contributed by atoms with van der Waals surface area (Å²) >= 11 is 0. The molecule has 1 aliphatic heterocycles. The van der Waals surface area contributed by atoms with Crippen LogP contribution in [0.15, 0.2) is 10.9 Å². The number of ether oxygens (including phenoxy) is 1. The van der Waals surface area contributed by atoms with E-state index in [1.54, 1.807) is 7.11 Å². The molecule has 7 nitrogen and oxygen atoms in total. The third kappa shape index (κ3) is 2.98. The Labute approximate surface area is 123 Å². The fourth-order valence-corrected chi connectivity index (χ4v) is 2.81. The Morgan fingerprint density at radius 2 is 2.38 bits per heavy atom.